The predicted octanol–water partition coefficient (Wildman–Crippen LogP) is 3.82. The number of nitrogens with two attached hydrogens (primary N) is 1. The second-order valence-electron chi connectivity index (χ2n) is 2.92. The third-order valence-electron chi connectivity index (χ3n) is 1.76. The SMILES string of the molecule is NCCCCSc1ccc(Cl)c(Cl)c1. The lowest BCUT2D eigenvalue weighted by Gasteiger charge is -2.02. The first-order chi connectivity index (χ1) is 6.74. The molecule has 0 aliphatic heterocycles. The first-order valence-corrected chi connectivity index (χ1v) is 6.26. The van der Waals surface area contributed by atoms with Crippen LogP contribution in [0.5, 0.6) is 0 Å². The van der Waals surface area contributed by atoms with Gasteiger partial charge in [-0.1, -0.05) is 23.2 Å². The molecule has 1 aromatic carbocycles. The van der Waals surface area contributed by atoms with Gasteiger partial charge in [0.05, 0.1) is 10.0 Å². The zero-order chi connectivity index (χ0) is 10.4. The lowest BCUT2D eigenvalue weighted by atomic mass is 10.3. The largest absolute Gasteiger partial charge is 0.330 e. The van der Waals surface area contributed by atoms with E-state index < -0.39 is 0 Å². The van der Waals surface area contributed by atoms with E-state index >= 15 is 0 Å². The van der Waals surface area contributed by atoms with Crippen molar-refractivity contribution in [1.82, 2.24) is 0 Å². The summed E-state index contributed by atoms with van der Waals surface area (Å²) in [6, 6.07) is 5.72. The van der Waals surface area contributed by atoms with Crippen LogP contribution >= 0.6 is 35.0 Å². The maximum absolute atomic E-state index is 5.89. The Morgan fingerprint density at radius 3 is 2.57 bits per heavy atom. The van der Waals surface area contributed by atoms with Crippen molar-refractivity contribution in [2.45, 2.75) is 17.7 Å². The van der Waals surface area contributed by atoms with Gasteiger partial charge in [-0.3, -0.25) is 0 Å². The van der Waals surface area contributed by atoms with E-state index in [4.69, 9.17) is 28.9 Å². The molecule has 1 nitrogen and oxygen atoms in total. The molecule has 0 aromatic heterocycles. The predicted molar refractivity (Wildman–Crippen MR) is 65.5 cm³/mol. The van der Waals surface area contributed by atoms with Gasteiger partial charge in [0, 0.05) is 4.90 Å². The summed E-state index contributed by atoms with van der Waals surface area (Å²) in [5.74, 6) is 1.08. The molecule has 0 atom stereocenters. The van der Waals surface area contributed by atoms with Crippen molar-refractivity contribution < 1.29 is 0 Å². The van der Waals surface area contributed by atoms with Crippen LogP contribution in [0.25, 0.3) is 0 Å². The van der Waals surface area contributed by atoms with Crippen LogP contribution in [0.1, 0.15) is 12.8 Å². The smallest absolute Gasteiger partial charge is 0.0603 e. The zero-order valence-corrected chi connectivity index (χ0v) is 10.1. The molecule has 4 heteroatoms. The van der Waals surface area contributed by atoms with Crippen molar-refractivity contribution in [3.05, 3.63) is 28.2 Å². The molecule has 14 heavy (non-hydrogen) atoms. The lowest BCUT2D eigenvalue weighted by molar-refractivity contribution is 0.814. The molecule has 1 rings (SSSR count). The molecule has 0 heterocycles. The highest BCUT2D eigenvalue weighted by Gasteiger charge is 1.99. The third kappa shape index (κ3) is 4.09. The van der Waals surface area contributed by atoms with Crippen LogP contribution in [0, 0.1) is 0 Å². The number of thioether (sulfide) groups is 1. The molecule has 0 amide bonds. The summed E-state index contributed by atoms with van der Waals surface area (Å²) in [7, 11) is 0. The van der Waals surface area contributed by atoms with E-state index in [9.17, 15) is 0 Å². The summed E-state index contributed by atoms with van der Waals surface area (Å²) < 4.78 is 0. The van der Waals surface area contributed by atoms with Crippen LogP contribution in [0.3, 0.4) is 0 Å². The van der Waals surface area contributed by atoms with Crippen molar-refractivity contribution in [1.29, 1.82) is 0 Å². The fraction of sp³-hybridized carbons (Fsp3) is 0.400. The van der Waals surface area contributed by atoms with Gasteiger partial charge in [0.25, 0.3) is 0 Å². The number of halogens is 2. The fourth-order valence-corrected chi connectivity index (χ4v) is 2.32. The highest BCUT2D eigenvalue weighted by molar-refractivity contribution is 7.99. The van der Waals surface area contributed by atoms with Crippen LogP contribution in [0.2, 0.25) is 10.0 Å². The van der Waals surface area contributed by atoms with Gasteiger partial charge in [0.15, 0.2) is 0 Å². The molecule has 0 spiro atoms. The van der Waals surface area contributed by atoms with Gasteiger partial charge in [-0.2, -0.15) is 0 Å². The Balaban J connectivity index is 2.39. The van der Waals surface area contributed by atoms with E-state index in [0.29, 0.717) is 10.0 Å². The molecule has 0 fully saturated rings. The number of unbranched alkanes of at least 4 members (excludes halogenated alkanes) is 1. The van der Waals surface area contributed by atoms with Gasteiger partial charge in [0.1, 0.15) is 0 Å². The normalized spacial score (nSPS) is 10.5. The first-order valence-electron chi connectivity index (χ1n) is 4.52. The van der Waals surface area contributed by atoms with Crippen molar-refractivity contribution in [2.24, 2.45) is 5.73 Å². The molecular weight excluding hydrogens is 237 g/mol. The molecule has 2 N–H and O–H groups in total. The summed E-state index contributed by atoms with van der Waals surface area (Å²) in [6.45, 7) is 0.766. The number of rotatable bonds is 5. The van der Waals surface area contributed by atoms with E-state index in [0.717, 1.165) is 30.0 Å². The van der Waals surface area contributed by atoms with E-state index in [2.05, 4.69) is 0 Å². The van der Waals surface area contributed by atoms with Crippen molar-refractivity contribution in [3.63, 3.8) is 0 Å². The maximum atomic E-state index is 5.89. The second-order valence-corrected chi connectivity index (χ2v) is 4.90. The standard InChI is InChI=1S/C10H13Cl2NS/c11-9-4-3-8(7-10(9)12)14-6-2-1-5-13/h3-4,7H,1-2,5-6,13H2. The summed E-state index contributed by atoms with van der Waals surface area (Å²) in [5, 5.41) is 1.23. The molecule has 0 bridgehead atoms. The van der Waals surface area contributed by atoms with Crippen LogP contribution in [-0.4, -0.2) is 12.3 Å². The molecule has 0 unspecified atom stereocenters. The second kappa shape index (κ2) is 6.57. The molecule has 0 aliphatic carbocycles. The van der Waals surface area contributed by atoms with Gasteiger partial charge in [-0.25, -0.2) is 0 Å². The molecule has 0 aliphatic rings. The molecule has 0 saturated carbocycles. The summed E-state index contributed by atoms with van der Waals surface area (Å²) >= 11 is 13.5. The minimum Gasteiger partial charge on any atom is -0.330 e. The Morgan fingerprint density at radius 1 is 1.14 bits per heavy atom. The van der Waals surface area contributed by atoms with Crippen molar-refractivity contribution in [2.75, 3.05) is 12.3 Å². The van der Waals surface area contributed by atoms with Crippen LogP contribution in [0.4, 0.5) is 0 Å². The van der Waals surface area contributed by atoms with Gasteiger partial charge in [-0.05, 0) is 43.3 Å². The number of benzene rings is 1. The van der Waals surface area contributed by atoms with Gasteiger partial charge in [-0.15, -0.1) is 11.8 Å². The highest BCUT2D eigenvalue weighted by Crippen LogP contribution is 2.28. The molecular formula is C10H13Cl2NS. The summed E-state index contributed by atoms with van der Waals surface area (Å²) in [4.78, 5) is 1.16. The molecule has 1 aromatic rings. The molecule has 78 valence electrons. The molecule has 0 saturated heterocycles. The number of hydrogen-bond donors (Lipinski definition) is 1. The van der Waals surface area contributed by atoms with Crippen molar-refractivity contribution >= 4 is 35.0 Å². The Hall–Kier alpha value is 0.110. The van der Waals surface area contributed by atoms with Crippen LogP contribution < -0.4 is 5.73 Å². The van der Waals surface area contributed by atoms with Crippen LogP contribution in [-0.2, 0) is 0 Å². The van der Waals surface area contributed by atoms with Gasteiger partial charge >= 0.3 is 0 Å². The minimum absolute atomic E-state index is 0.609. The first kappa shape index (κ1) is 12.2. The van der Waals surface area contributed by atoms with E-state index in [1.807, 2.05) is 18.2 Å². The van der Waals surface area contributed by atoms with E-state index in [-0.39, 0.29) is 0 Å². The molecule has 0 radical (unpaired) electrons. The average molecular weight is 250 g/mol. The monoisotopic (exact) mass is 249 g/mol. The van der Waals surface area contributed by atoms with E-state index in [1.54, 1.807) is 11.8 Å². The van der Waals surface area contributed by atoms with E-state index in [1.165, 1.54) is 0 Å². The number of hydrogen-bond acceptors (Lipinski definition) is 2. The van der Waals surface area contributed by atoms with Gasteiger partial charge < -0.3 is 5.73 Å². The Bertz CT molecular complexity index is 291. The lowest BCUT2D eigenvalue weighted by Crippen LogP contribution is -1.98. The van der Waals surface area contributed by atoms with Crippen molar-refractivity contribution in [3.8, 4) is 0 Å². The topological polar surface area (TPSA) is 26.0 Å². The maximum Gasteiger partial charge on any atom is 0.0603 e. The summed E-state index contributed by atoms with van der Waals surface area (Å²) in [5.41, 5.74) is 5.40. The average Bonchev–Trinajstić information content (AvgIpc) is 2.18. The zero-order valence-electron chi connectivity index (χ0n) is 7.80. The summed E-state index contributed by atoms with van der Waals surface area (Å²) in [6.07, 6.45) is 2.22. The van der Waals surface area contributed by atoms with Gasteiger partial charge in [0.2, 0.25) is 0 Å². The van der Waals surface area contributed by atoms with Crippen LogP contribution in [0.15, 0.2) is 23.1 Å². The Labute approximate surface area is 99.0 Å². The highest BCUT2D eigenvalue weighted by atomic mass is 35.5. The Morgan fingerprint density at radius 2 is 1.93 bits per heavy atom. The Kier molecular flexibility index (Phi) is 5.71. The quantitative estimate of drug-likeness (QED) is 0.635. The third-order valence-corrected chi connectivity index (χ3v) is 3.58. The minimum atomic E-state index is 0.609. The fourth-order valence-electron chi connectivity index (χ4n) is 1.00.